The summed E-state index contributed by atoms with van der Waals surface area (Å²) in [7, 11) is 0. The van der Waals surface area contributed by atoms with E-state index in [2.05, 4.69) is 14.9 Å². The molecule has 26 heavy (non-hydrogen) atoms. The smallest absolute Gasteiger partial charge is 0.387 e. The lowest BCUT2D eigenvalue weighted by Crippen LogP contribution is -2.29. The highest BCUT2D eigenvalue weighted by Crippen LogP contribution is 2.37. The van der Waals surface area contributed by atoms with Gasteiger partial charge in [0, 0.05) is 30.8 Å². The van der Waals surface area contributed by atoms with Gasteiger partial charge in [0.15, 0.2) is 17.1 Å². The van der Waals surface area contributed by atoms with E-state index < -0.39 is 12.2 Å². The second-order valence-electron chi connectivity index (χ2n) is 6.12. The summed E-state index contributed by atoms with van der Waals surface area (Å²) in [6.07, 6.45) is 4.46. The lowest BCUT2D eigenvalue weighted by Gasteiger charge is -2.17. The predicted octanol–water partition coefficient (Wildman–Crippen LogP) is 3.76. The standard InChI is InChI=1S/C18H16F2N2O4/c19-17(20)25-15-2-1-12(9-16(15)24-13-3-6-21-7-4-13)14-10-18(26-22-14)5-8-23-11-18/h1-4,6-7,9,17H,5,8,10-11H2. The number of ether oxygens (including phenoxy) is 3. The lowest BCUT2D eigenvalue weighted by molar-refractivity contribution is -0.0510. The van der Waals surface area contributed by atoms with Crippen LogP contribution in [0.25, 0.3) is 0 Å². The van der Waals surface area contributed by atoms with Crippen molar-refractivity contribution in [3.05, 3.63) is 48.3 Å². The van der Waals surface area contributed by atoms with Crippen molar-refractivity contribution in [3.63, 3.8) is 0 Å². The Bertz CT molecular complexity index is 808. The van der Waals surface area contributed by atoms with E-state index in [1.54, 1.807) is 36.7 Å². The van der Waals surface area contributed by atoms with Gasteiger partial charge in [0.05, 0.1) is 18.9 Å². The Morgan fingerprint density at radius 3 is 2.69 bits per heavy atom. The van der Waals surface area contributed by atoms with Crippen molar-refractivity contribution in [2.75, 3.05) is 13.2 Å². The molecule has 1 aromatic heterocycles. The maximum atomic E-state index is 12.7. The van der Waals surface area contributed by atoms with Crippen LogP contribution in [0.1, 0.15) is 18.4 Å². The molecule has 0 saturated carbocycles. The van der Waals surface area contributed by atoms with Crippen LogP contribution in [0, 0.1) is 0 Å². The van der Waals surface area contributed by atoms with Crippen LogP contribution in [-0.2, 0) is 9.57 Å². The molecule has 8 heteroatoms. The molecule has 136 valence electrons. The van der Waals surface area contributed by atoms with Gasteiger partial charge in [-0.25, -0.2) is 0 Å². The molecule has 1 fully saturated rings. The van der Waals surface area contributed by atoms with Gasteiger partial charge in [0.2, 0.25) is 0 Å². The molecule has 4 rings (SSSR count). The van der Waals surface area contributed by atoms with Crippen molar-refractivity contribution >= 4 is 5.71 Å². The first-order valence-corrected chi connectivity index (χ1v) is 8.13. The van der Waals surface area contributed by atoms with Crippen LogP contribution in [0.2, 0.25) is 0 Å². The molecule has 0 bridgehead atoms. The molecule has 0 aliphatic carbocycles. The van der Waals surface area contributed by atoms with E-state index >= 15 is 0 Å². The fraction of sp³-hybridized carbons (Fsp3) is 0.333. The molecule has 0 N–H and O–H groups in total. The number of oxime groups is 1. The number of aromatic nitrogens is 1. The van der Waals surface area contributed by atoms with Gasteiger partial charge in [-0.05, 0) is 30.3 Å². The van der Waals surface area contributed by atoms with Crippen LogP contribution >= 0.6 is 0 Å². The van der Waals surface area contributed by atoms with Crippen LogP contribution < -0.4 is 9.47 Å². The highest BCUT2D eigenvalue weighted by molar-refractivity contribution is 6.02. The van der Waals surface area contributed by atoms with Crippen molar-refractivity contribution in [1.82, 2.24) is 4.98 Å². The zero-order chi connectivity index (χ0) is 18.0. The number of benzene rings is 1. The molecule has 6 nitrogen and oxygen atoms in total. The molecule has 2 aromatic rings. The molecule has 1 unspecified atom stereocenters. The third kappa shape index (κ3) is 3.45. The molecule has 0 amide bonds. The average Bonchev–Trinajstić information content (AvgIpc) is 3.27. The van der Waals surface area contributed by atoms with E-state index in [1.807, 2.05) is 0 Å². The summed E-state index contributed by atoms with van der Waals surface area (Å²) in [5.74, 6) is 0.570. The van der Waals surface area contributed by atoms with Crippen LogP contribution in [0.3, 0.4) is 0 Å². The largest absolute Gasteiger partial charge is 0.453 e. The lowest BCUT2D eigenvalue weighted by atomic mass is 9.93. The molecule has 1 spiro atoms. The minimum Gasteiger partial charge on any atom is -0.453 e. The van der Waals surface area contributed by atoms with E-state index in [9.17, 15) is 8.78 Å². The van der Waals surface area contributed by atoms with Gasteiger partial charge in [-0.1, -0.05) is 5.16 Å². The highest BCUT2D eigenvalue weighted by atomic mass is 19.3. The molecule has 3 heterocycles. The number of hydrogen-bond acceptors (Lipinski definition) is 6. The zero-order valence-electron chi connectivity index (χ0n) is 13.7. The SMILES string of the molecule is FC(F)Oc1ccc(C2=NOC3(CCOC3)C2)cc1Oc1ccncc1. The minimum atomic E-state index is -2.95. The number of rotatable bonds is 5. The van der Waals surface area contributed by atoms with Gasteiger partial charge in [-0.2, -0.15) is 8.78 Å². The minimum absolute atomic E-state index is 0.0565. The first-order chi connectivity index (χ1) is 12.6. The fourth-order valence-electron chi connectivity index (χ4n) is 2.97. The summed E-state index contributed by atoms with van der Waals surface area (Å²) in [6.45, 7) is -1.82. The molecular formula is C18H16F2N2O4. The van der Waals surface area contributed by atoms with Crippen LogP contribution in [0.5, 0.6) is 17.2 Å². The molecule has 1 atom stereocenters. The maximum Gasteiger partial charge on any atom is 0.387 e. The number of pyridine rings is 1. The summed E-state index contributed by atoms with van der Waals surface area (Å²) < 4.78 is 41.1. The number of nitrogens with zero attached hydrogens (tertiary/aromatic N) is 2. The summed E-state index contributed by atoms with van der Waals surface area (Å²) in [5, 5.41) is 4.16. The Balaban J connectivity index is 1.61. The van der Waals surface area contributed by atoms with Crippen molar-refractivity contribution in [2.45, 2.75) is 25.1 Å². The second kappa shape index (κ2) is 6.87. The Morgan fingerprint density at radius 1 is 1.12 bits per heavy atom. The van der Waals surface area contributed by atoms with E-state index in [4.69, 9.17) is 14.3 Å². The number of alkyl halides is 2. The molecule has 1 aromatic carbocycles. The molecule has 1 saturated heterocycles. The van der Waals surface area contributed by atoms with E-state index in [0.29, 0.717) is 25.4 Å². The van der Waals surface area contributed by atoms with Crippen LogP contribution in [0.4, 0.5) is 8.78 Å². The van der Waals surface area contributed by atoms with Crippen molar-refractivity contribution < 1.29 is 27.8 Å². The Kier molecular flexibility index (Phi) is 4.42. The van der Waals surface area contributed by atoms with Crippen LogP contribution in [0.15, 0.2) is 47.9 Å². The Labute approximate surface area is 148 Å². The summed E-state index contributed by atoms with van der Waals surface area (Å²) in [4.78, 5) is 9.48. The molecule has 2 aliphatic rings. The first-order valence-electron chi connectivity index (χ1n) is 8.13. The normalized spacial score (nSPS) is 21.7. The van der Waals surface area contributed by atoms with Crippen molar-refractivity contribution in [3.8, 4) is 17.2 Å². The quantitative estimate of drug-likeness (QED) is 0.810. The van der Waals surface area contributed by atoms with E-state index in [0.717, 1.165) is 17.7 Å². The highest BCUT2D eigenvalue weighted by Gasteiger charge is 2.43. The van der Waals surface area contributed by atoms with Crippen molar-refractivity contribution in [2.24, 2.45) is 5.16 Å². The summed E-state index contributed by atoms with van der Waals surface area (Å²) >= 11 is 0. The number of hydrogen-bond donors (Lipinski definition) is 0. The van der Waals surface area contributed by atoms with E-state index in [1.165, 1.54) is 6.07 Å². The van der Waals surface area contributed by atoms with Gasteiger partial charge < -0.3 is 19.0 Å². The fourth-order valence-corrected chi connectivity index (χ4v) is 2.97. The van der Waals surface area contributed by atoms with Gasteiger partial charge in [-0.3, -0.25) is 4.98 Å². The summed E-state index contributed by atoms with van der Waals surface area (Å²) in [6, 6.07) is 7.97. The van der Waals surface area contributed by atoms with Crippen LogP contribution in [-0.4, -0.2) is 36.1 Å². The van der Waals surface area contributed by atoms with Gasteiger partial charge in [0.25, 0.3) is 0 Å². The maximum absolute atomic E-state index is 12.7. The monoisotopic (exact) mass is 362 g/mol. The first kappa shape index (κ1) is 16.7. The molecular weight excluding hydrogens is 346 g/mol. The predicted molar refractivity (Wildman–Crippen MR) is 87.8 cm³/mol. The number of halogens is 2. The topological polar surface area (TPSA) is 62.2 Å². The van der Waals surface area contributed by atoms with Gasteiger partial charge in [0.1, 0.15) is 5.75 Å². The second-order valence-corrected chi connectivity index (χ2v) is 6.12. The third-order valence-electron chi connectivity index (χ3n) is 4.28. The van der Waals surface area contributed by atoms with Gasteiger partial charge >= 0.3 is 6.61 Å². The third-order valence-corrected chi connectivity index (χ3v) is 4.28. The van der Waals surface area contributed by atoms with Gasteiger partial charge in [-0.15, -0.1) is 0 Å². The van der Waals surface area contributed by atoms with Crippen molar-refractivity contribution in [1.29, 1.82) is 0 Å². The zero-order valence-corrected chi connectivity index (χ0v) is 13.7. The summed E-state index contributed by atoms with van der Waals surface area (Å²) in [5.41, 5.74) is 1.03. The Morgan fingerprint density at radius 2 is 1.96 bits per heavy atom. The molecule has 0 radical (unpaired) electrons. The molecule has 2 aliphatic heterocycles. The average molecular weight is 362 g/mol. The Hall–Kier alpha value is -2.74. The van der Waals surface area contributed by atoms with E-state index in [-0.39, 0.29) is 11.5 Å².